The first-order valence-electron chi connectivity index (χ1n) is 7.71. The summed E-state index contributed by atoms with van der Waals surface area (Å²) in [6.45, 7) is 0. The number of ether oxygens (including phenoxy) is 2. The summed E-state index contributed by atoms with van der Waals surface area (Å²) in [4.78, 5) is 15.5. The first-order chi connectivity index (χ1) is 12.7. The molecule has 7 nitrogen and oxygen atoms in total. The second-order valence-corrected chi connectivity index (χ2v) is 5.43. The minimum Gasteiger partial charge on any atom is -0.494 e. The molecule has 0 aliphatic rings. The molecule has 0 unspecified atom stereocenters. The zero-order chi connectivity index (χ0) is 18.5. The van der Waals surface area contributed by atoms with Gasteiger partial charge in [0.1, 0.15) is 28.6 Å². The summed E-state index contributed by atoms with van der Waals surface area (Å²) in [5.41, 5.74) is 3.20. The summed E-state index contributed by atoms with van der Waals surface area (Å²) in [6.07, 6.45) is 1.50. The molecule has 2 N–H and O–H groups in total. The third-order valence-corrected chi connectivity index (χ3v) is 3.78. The Morgan fingerprint density at radius 3 is 2.69 bits per heavy atom. The number of para-hydroxylation sites is 1. The molecule has 0 atom stereocenters. The number of hydrogen-bond acceptors (Lipinski definition) is 6. The van der Waals surface area contributed by atoms with Crippen molar-refractivity contribution in [3.8, 4) is 23.3 Å². The first-order valence-corrected chi connectivity index (χ1v) is 7.71. The predicted molar refractivity (Wildman–Crippen MR) is 93.2 cm³/mol. The molecule has 0 bridgehead atoms. The van der Waals surface area contributed by atoms with Crippen molar-refractivity contribution in [2.75, 3.05) is 7.11 Å². The van der Waals surface area contributed by atoms with E-state index in [1.54, 1.807) is 55.1 Å². The lowest BCUT2D eigenvalue weighted by molar-refractivity contribution is -0.128. The van der Waals surface area contributed by atoms with Crippen LogP contribution in [0.25, 0.3) is 10.9 Å². The van der Waals surface area contributed by atoms with Gasteiger partial charge in [-0.25, -0.2) is 5.48 Å². The van der Waals surface area contributed by atoms with Crippen LogP contribution in [0.2, 0.25) is 0 Å². The van der Waals surface area contributed by atoms with Gasteiger partial charge in [0.15, 0.2) is 5.75 Å². The van der Waals surface area contributed by atoms with Gasteiger partial charge in [-0.3, -0.25) is 15.0 Å². The Bertz CT molecular complexity index is 994. The van der Waals surface area contributed by atoms with E-state index in [1.807, 2.05) is 0 Å². The Hall–Kier alpha value is -3.63. The minimum atomic E-state index is -0.502. The Morgan fingerprint density at radius 1 is 1.27 bits per heavy atom. The molecule has 1 aromatic heterocycles. The van der Waals surface area contributed by atoms with Crippen LogP contribution < -0.4 is 15.0 Å². The lowest BCUT2D eigenvalue weighted by Gasteiger charge is -2.12. The largest absolute Gasteiger partial charge is 0.494 e. The standard InChI is InChI=1S/C19H15N3O4/c1-25-16-4-2-3-15-18(16)21-11-13(10-20)19(15)26-14-7-5-12(6-8-14)9-17(23)22-24/h2-8,11,24H,9H2,1H3,(H,22,23). The molecule has 0 saturated carbocycles. The SMILES string of the molecule is COc1cccc2c(Oc3ccc(CC(=O)NO)cc3)c(C#N)cnc12. The fourth-order valence-electron chi connectivity index (χ4n) is 2.54. The average molecular weight is 349 g/mol. The van der Waals surface area contributed by atoms with Gasteiger partial charge in [-0.05, 0) is 29.8 Å². The molecule has 3 rings (SSSR count). The molecule has 0 aliphatic carbocycles. The maximum atomic E-state index is 11.2. The van der Waals surface area contributed by atoms with E-state index < -0.39 is 5.91 Å². The van der Waals surface area contributed by atoms with Crippen LogP contribution in [0.4, 0.5) is 0 Å². The summed E-state index contributed by atoms with van der Waals surface area (Å²) in [5, 5.41) is 18.6. The number of nitriles is 1. The molecular weight excluding hydrogens is 334 g/mol. The molecule has 0 saturated heterocycles. The zero-order valence-electron chi connectivity index (χ0n) is 13.9. The molecule has 0 aliphatic heterocycles. The molecule has 130 valence electrons. The van der Waals surface area contributed by atoms with E-state index in [-0.39, 0.29) is 6.42 Å². The summed E-state index contributed by atoms with van der Waals surface area (Å²) < 4.78 is 11.2. The van der Waals surface area contributed by atoms with E-state index in [2.05, 4.69) is 11.1 Å². The molecule has 1 heterocycles. The number of methoxy groups -OCH3 is 1. The van der Waals surface area contributed by atoms with E-state index in [1.165, 1.54) is 6.20 Å². The third-order valence-electron chi connectivity index (χ3n) is 3.78. The van der Waals surface area contributed by atoms with Crippen molar-refractivity contribution in [2.24, 2.45) is 0 Å². The van der Waals surface area contributed by atoms with Crippen LogP contribution in [0.15, 0.2) is 48.7 Å². The summed E-state index contributed by atoms with van der Waals surface area (Å²) in [7, 11) is 1.55. The van der Waals surface area contributed by atoms with Crippen LogP contribution in [0, 0.1) is 11.3 Å². The highest BCUT2D eigenvalue weighted by Gasteiger charge is 2.14. The molecule has 3 aromatic rings. The molecule has 0 fully saturated rings. The van der Waals surface area contributed by atoms with Crippen molar-refractivity contribution in [3.05, 3.63) is 59.8 Å². The highest BCUT2D eigenvalue weighted by Crippen LogP contribution is 2.35. The minimum absolute atomic E-state index is 0.0512. The van der Waals surface area contributed by atoms with Crippen molar-refractivity contribution in [1.29, 1.82) is 5.26 Å². The van der Waals surface area contributed by atoms with Crippen LogP contribution in [0.5, 0.6) is 17.2 Å². The van der Waals surface area contributed by atoms with Gasteiger partial charge in [-0.15, -0.1) is 0 Å². The Balaban J connectivity index is 1.98. The third kappa shape index (κ3) is 3.41. The van der Waals surface area contributed by atoms with Gasteiger partial charge in [0.25, 0.3) is 0 Å². The monoisotopic (exact) mass is 349 g/mol. The van der Waals surface area contributed by atoms with Gasteiger partial charge in [0, 0.05) is 11.6 Å². The number of carbonyl (C=O) groups is 1. The van der Waals surface area contributed by atoms with E-state index in [4.69, 9.17) is 14.7 Å². The van der Waals surface area contributed by atoms with Gasteiger partial charge >= 0.3 is 0 Å². The summed E-state index contributed by atoms with van der Waals surface area (Å²) in [6, 6.07) is 14.3. The van der Waals surface area contributed by atoms with Crippen LogP contribution in [0.3, 0.4) is 0 Å². The number of nitrogens with zero attached hydrogens (tertiary/aromatic N) is 2. The van der Waals surface area contributed by atoms with Crippen molar-refractivity contribution >= 4 is 16.8 Å². The topological polar surface area (TPSA) is 104 Å². The van der Waals surface area contributed by atoms with Gasteiger partial charge in [-0.2, -0.15) is 5.26 Å². The molecule has 0 radical (unpaired) electrons. The van der Waals surface area contributed by atoms with Crippen LogP contribution >= 0.6 is 0 Å². The fourth-order valence-corrected chi connectivity index (χ4v) is 2.54. The van der Waals surface area contributed by atoms with Gasteiger partial charge < -0.3 is 9.47 Å². The first kappa shape index (κ1) is 17.2. The quantitative estimate of drug-likeness (QED) is 0.542. The van der Waals surface area contributed by atoms with Gasteiger partial charge in [0.05, 0.1) is 13.5 Å². The lowest BCUT2D eigenvalue weighted by Crippen LogP contribution is -2.20. The number of carbonyl (C=O) groups excluding carboxylic acids is 1. The maximum Gasteiger partial charge on any atom is 0.247 e. The number of amides is 1. The highest BCUT2D eigenvalue weighted by molar-refractivity contribution is 5.91. The summed E-state index contributed by atoms with van der Waals surface area (Å²) >= 11 is 0. The van der Waals surface area contributed by atoms with Gasteiger partial charge in [0.2, 0.25) is 5.91 Å². The second-order valence-electron chi connectivity index (χ2n) is 5.43. The van der Waals surface area contributed by atoms with E-state index in [0.717, 1.165) is 0 Å². The Morgan fingerprint density at radius 2 is 2.04 bits per heavy atom. The predicted octanol–water partition coefficient (Wildman–Crippen LogP) is 2.96. The molecule has 26 heavy (non-hydrogen) atoms. The molecule has 0 spiro atoms. The number of hydrogen-bond donors (Lipinski definition) is 2. The highest BCUT2D eigenvalue weighted by atomic mass is 16.5. The normalized spacial score (nSPS) is 10.2. The number of aromatic nitrogens is 1. The zero-order valence-corrected chi connectivity index (χ0v) is 13.9. The van der Waals surface area contributed by atoms with Crippen LogP contribution in [0.1, 0.15) is 11.1 Å². The summed E-state index contributed by atoms with van der Waals surface area (Å²) in [5.74, 6) is 0.974. The van der Waals surface area contributed by atoms with Crippen molar-refractivity contribution in [1.82, 2.24) is 10.5 Å². The molecule has 7 heteroatoms. The molecule has 2 aromatic carbocycles. The van der Waals surface area contributed by atoms with Crippen LogP contribution in [-0.4, -0.2) is 23.2 Å². The Labute approximate surface area is 149 Å². The smallest absolute Gasteiger partial charge is 0.247 e. The number of fused-ring (bicyclic) bond motifs is 1. The van der Waals surface area contributed by atoms with Crippen molar-refractivity contribution in [3.63, 3.8) is 0 Å². The van der Waals surface area contributed by atoms with Crippen molar-refractivity contribution in [2.45, 2.75) is 6.42 Å². The number of pyridine rings is 1. The fraction of sp³-hybridized carbons (Fsp3) is 0.105. The Kier molecular flexibility index (Phi) is 4.97. The number of hydroxylamine groups is 1. The lowest BCUT2D eigenvalue weighted by atomic mass is 10.1. The number of nitrogens with one attached hydrogen (secondary N) is 1. The number of benzene rings is 2. The average Bonchev–Trinajstić information content (AvgIpc) is 2.69. The molecule has 1 amide bonds. The van der Waals surface area contributed by atoms with Crippen LogP contribution in [-0.2, 0) is 11.2 Å². The number of rotatable bonds is 5. The van der Waals surface area contributed by atoms with E-state index in [0.29, 0.717) is 39.3 Å². The second kappa shape index (κ2) is 7.51. The van der Waals surface area contributed by atoms with Gasteiger partial charge in [-0.1, -0.05) is 18.2 Å². The van der Waals surface area contributed by atoms with Crippen molar-refractivity contribution < 1.29 is 19.5 Å². The van der Waals surface area contributed by atoms with E-state index in [9.17, 15) is 10.1 Å². The van der Waals surface area contributed by atoms with E-state index >= 15 is 0 Å². The molecular formula is C19H15N3O4. The maximum absolute atomic E-state index is 11.2.